The fraction of sp³-hybridized carbons (Fsp3) is 0.400. The molecule has 2 aromatic carbocycles. The van der Waals surface area contributed by atoms with Gasteiger partial charge in [0, 0.05) is 52.9 Å². The van der Waals surface area contributed by atoms with Crippen molar-refractivity contribution in [1.29, 1.82) is 0 Å². The van der Waals surface area contributed by atoms with Crippen LogP contribution in [-0.2, 0) is 13.1 Å². The Hall–Kier alpha value is -3.08. The van der Waals surface area contributed by atoms with E-state index in [2.05, 4.69) is 53.1 Å². The number of hydrogen-bond acceptors (Lipinski definition) is 6. The van der Waals surface area contributed by atoms with E-state index in [-0.39, 0.29) is 13.9 Å². The van der Waals surface area contributed by atoms with Gasteiger partial charge in [-0.1, -0.05) is 18.2 Å². The Morgan fingerprint density at radius 3 is 2.35 bits per heavy atom. The average Bonchev–Trinajstić information content (AvgIpc) is 2.98. The van der Waals surface area contributed by atoms with E-state index in [1.807, 2.05) is 12.1 Å². The zero-order chi connectivity index (χ0) is 28.1. The van der Waals surface area contributed by atoms with Crippen molar-refractivity contribution in [3.8, 4) is 5.75 Å². The van der Waals surface area contributed by atoms with Gasteiger partial charge in [-0.3, -0.25) is 14.6 Å². The highest BCUT2D eigenvalue weighted by Crippen LogP contribution is 2.27. The second-order valence-corrected chi connectivity index (χ2v) is 11.2. The van der Waals surface area contributed by atoms with E-state index in [4.69, 9.17) is 4.74 Å². The maximum atomic E-state index is 13.4. The third kappa shape index (κ3) is 6.97. The number of aromatic nitrogens is 1. The highest BCUT2D eigenvalue weighted by Gasteiger charge is 2.28. The number of likely N-dealkylation sites (tertiary alicyclic amines) is 1. The van der Waals surface area contributed by atoms with Crippen molar-refractivity contribution < 1.29 is 19.7 Å². The molecule has 5 rings (SSSR count). The molecule has 0 spiro atoms. The Labute approximate surface area is 243 Å². The number of amides is 1. The third-order valence-electron chi connectivity index (χ3n) is 7.77. The topological polar surface area (TPSA) is 60.9 Å². The first-order valence-corrected chi connectivity index (χ1v) is 14.4. The number of ether oxygens (including phenoxy) is 1. The number of rotatable bonds is 8. The van der Waals surface area contributed by atoms with Crippen molar-refractivity contribution in [2.75, 3.05) is 51.3 Å². The highest BCUT2D eigenvalue weighted by molar-refractivity contribution is 9.10. The van der Waals surface area contributed by atoms with Gasteiger partial charge in [0.1, 0.15) is 11.6 Å². The predicted molar refractivity (Wildman–Crippen MR) is 157 cm³/mol. The summed E-state index contributed by atoms with van der Waals surface area (Å²) in [5.74, 6) is -0.456. The quantitative estimate of drug-likeness (QED) is 0.381. The fourth-order valence-corrected chi connectivity index (χ4v) is 6.05. The Balaban J connectivity index is 0.00000387. The largest absolute Gasteiger partial charge is 0.497 e. The molecule has 0 aliphatic carbocycles. The second-order valence-electron chi connectivity index (χ2n) is 10.3. The molecule has 1 amide bonds. The van der Waals surface area contributed by atoms with Crippen molar-refractivity contribution in [3.05, 3.63) is 87.5 Å². The number of piperazine rings is 1. The van der Waals surface area contributed by atoms with Gasteiger partial charge in [0.05, 0.1) is 17.1 Å². The average molecular weight is 617 g/mol. The van der Waals surface area contributed by atoms with E-state index in [0.717, 1.165) is 74.0 Å². The Bertz CT molecular complexity index is 1320. The van der Waals surface area contributed by atoms with E-state index in [0.29, 0.717) is 17.2 Å². The lowest BCUT2D eigenvalue weighted by Gasteiger charge is -2.43. The number of piperidine rings is 1. The van der Waals surface area contributed by atoms with Crippen molar-refractivity contribution >= 4 is 27.7 Å². The lowest BCUT2D eigenvalue weighted by Crippen LogP contribution is -2.53. The number of halogens is 3. The molecule has 214 valence electrons. The van der Waals surface area contributed by atoms with Gasteiger partial charge in [-0.15, -0.1) is 0 Å². The summed E-state index contributed by atoms with van der Waals surface area (Å²) in [5.41, 5.74) is 2.20. The van der Waals surface area contributed by atoms with Gasteiger partial charge >= 0.3 is 0 Å². The summed E-state index contributed by atoms with van der Waals surface area (Å²) in [5, 5.41) is 2.73. The molecule has 1 aromatic heterocycles. The summed E-state index contributed by atoms with van der Waals surface area (Å²) in [6.45, 7) is 6.98. The number of carbonyl (C=O) groups is 1. The second kappa shape index (κ2) is 13.1. The Morgan fingerprint density at radius 2 is 1.70 bits per heavy atom. The van der Waals surface area contributed by atoms with Crippen LogP contribution in [0.25, 0.3) is 0 Å². The normalized spacial score (nSPS) is 17.1. The minimum Gasteiger partial charge on any atom is -0.497 e. The van der Waals surface area contributed by atoms with Crippen LogP contribution in [-0.4, -0.2) is 73.1 Å². The molecule has 0 saturated carbocycles. The van der Waals surface area contributed by atoms with Gasteiger partial charge < -0.3 is 15.0 Å². The van der Waals surface area contributed by atoms with Gasteiger partial charge in [0.2, 0.25) is 0 Å². The summed E-state index contributed by atoms with van der Waals surface area (Å²) in [7, 11) is 1.69. The summed E-state index contributed by atoms with van der Waals surface area (Å²) in [6, 6.07) is 14.3. The summed E-state index contributed by atoms with van der Waals surface area (Å²) < 4.78 is 32.6. The molecule has 10 heteroatoms. The van der Waals surface area contributed by atoms with Gasteiger partial charge in [-0.25, -0.2) is 13.8 Å². The SMILES string of the molecule is COc1ccc(CN2CCC(N3CCN(c4ncc(C(=O)NCc5ccc(F)c(F)c5)cc4Br)CC3)CC2)cc1.[HH]. The van der Waals surface area contributed by atoms with E-state index in [1.54, 1.807) is 19.4 Å². The van der Waals surface area contributed by atoms with Crippen molar-refractivity contribution in [3.63, 3.8) is 0 Å². The van der Waals surface area contributed by atoms with Crippen molar-refractivity contribution in [2.24, 2.45) is 0 Å². The Kier molecular flexibility index (Phi) is 9.29. The summed E-state index contributed by atoms with van der Waals surface area (Å²) >= 11 is 3.60. The number of anilines is 1. The number of methoxy groups -OCH3 is 1. The van der Waals surface area contributed by atoms with Crippen LogP contribution < -0.4 is 15.0 Å². The van der Waals surface area contributed by atoms with Crippen LogP contribution in [0.2, 0.25) is 0 Å². The van der Waals surface area contributed by atoms with Crippen LogP contribution in [0, 0.1) is 11.6 Å². The lowest BCUT2D eigenvalue weighted by atomic mass is 10.0. The lowest BCUT2D eigenvalue weighted by molar-refractivity contribution is 0.0950. The molecule has 0 radical (unpaired) electrons. The standard InChI is InChI=1S/C30H34BrF2N5O2.H2/c1-40-25-5-2-21(3-6-25)20-36-10-8-24(9-11-36)37-12-14-38(15-13-37)29-26(31)17-23(19-34-29)30(39)35-18-22-4-7-27(32)28(33)16-22;/h2-7,16-17,19,24H,8-15,18,20H2,1H3,(H,35,39);1H. The predicted octanol–water partition coefficient (Wildman–Crippen LogP) is 5.09. The molecule has 2 aliphatic heterocycles. The molecule has 3 heterocycles. The first-order chi connectivity index (χ1) is 19.4. The molecule has 0 atom stereocenters. The fourth-order valence-electron chi connectivity index (χ4n) is 5.45. The van der Waals surface area contributed by atoms with Crippen LogP contribution in [0.5, 0.6) is 5.75 Å². The minimum absolute atomic E-state index is 0. The maximum absolute atomic E-state index is 13.4. The number of pyridine rings is 1. The smallest absolute Gasteiger partial charge is 0.253 e. The number of benzene rings is 2. The molecule has 2 aliphatic rings. The van der Waals surface area contributed by atoms with E-state index in [1.165, 1.54) is 24.5 Å². The number of nitrogens with one attached hydrogen (secondary N) is 1. The number of hydrogen-bond donors (Lipinski definition) is 1. The van der Waals surface area contributed by atoms with E-state index >= 15 is 0 Å². The van der Waals surface area contributed by atoms with Crippen LogP contribution in [0.3, 0.4) is 0 Å². The molecule has 40 heavy (non-hydrogen) atoms. The molecule has 2 saturated heterocycles. The minimum atomic E-state index is -0.934. The van der Waals surface area contributed by atoms with E-state index < -0.39 is 11.6 Å². The van der Waals surface area contributed by atoms with Crippen LogP contribution in [0.15, 0.2) is 59.2 Å². The molecule has 2 fully saturated rings. The van der Waals surface area contributed by atoms with Crippen molar-refractivity contribution in [1.82, 2.24) is 20.1 Å². The van der Waals surface area contributed by atoms with Crippen LogP contribution in [0.4, 0.5) is 14.6 Å². The first kappa shape index (κ1) is 28.4. The summed E-state index contributed by atoms with van der Waals surface area (Å²) in [4.78, 5) is 24.6. The highest BCUT2D eigenvalue weighted by atomic mass is 79.9. The molecular weight excluding hydrogens is 580 g/mol. The van der Waals surface area contributed by atoms with Gasteiger partial charge in [0.25, 0.3) is 5.91 Å². The first-order valence-electron chi connectivity index (χ1n) is 13.6. The molecule has 3 aromatic rings. The zero-order valence-electron chi connectivity index (χ0n) is 22.6. The monoisotopic (exact) mass is 615 g/mol. The number of nitrogens with zero attached hydrogens (tertiary/aromatic N) is 4. The van der Waals surface area contributed by atoms with Gasteiger partial charge in [0.15, 0.2) is 11.6 Å². The molecular formula is C30H36BrF2N5O2. The van der Waals surface area contributed by atoms with Gasteiger partial charge in [-0.2, -0.15) is 0 Å². The molecule has 7 nitrogen and oxygen atoms in total. The van der Waals surface area contributed by atoms with Crippen LogP contribution in [0.1, 0.15) is 35.8 Å². The molecule has 0 bridgehead atoms. The van der Waals surface area contributed by atoms with E-state index in [9.17, 15) is 13.6 Å². The Morgan fingerprint density at radius 1 is 1.00 bits per heavy atom. The van der Waals surface area contributed by atoms with Gasteiger partial charge in [-0.05, 0) is 83.3 Å². The maximum Gasteiger partial charge on any atom is 0.253 e. The summed E-state index contributed by atoms with van der Waals surface area (Å²) in [6.07, 6.45) is 3.91. The van der Waals surface area contributed by atoms with Crippen molar-refractivity contribution in [2.45, 2.75) is 32.0 Å². The molecule has 0 unspecified atom stereocenters. The van der Waals surface area contributed by atoms with Crippen LogP contribution >= 0.6 is 15.9 Å². The zero-order valence-corrected chi connectivity index (χ0v) is 24.2. The number of carbonyl (C=O) groups excluding carboxylic acids is 1. The third-order valence-corrected chi connectivity index (χ3v) is 8.36. The molecule has 1 N–H and O–H groups in total.